The normalized spacial score (nSPS) is 24.2. The maximum atomic E-state index is 13.0. The number of nitrogens with one attached hydrogen (secondary N) is 1. The van der Waals surface area contributed by atoms with Crippen molar-refractivity contribution in [2.24, 2.45) is 0 Å². The molecular weight excluding hydrogens is 306 g/mol. The summed E-state index contributed by atoms with van der Waals surface area (Å²) >= 11 is 0. The number of carbonyl (C=O) groups excluding carboxylic acids is 3. The molecule has 0 bridgehead atoms. The predicted molar refractivity (Wildman–Crippen MR) is 89.1 cm³/mol. The van der Waals surface area contributed by atoms with E-state index in [0.717, 1.165) is 29.7 Å². The lowest BCUT2D eigenvalue weighted by molar-refractivity contribution is -0.139. The third-order valence-electron chi connectivity index (χ3n) is 4.97. The second kappa shape index (κ2) is 6.63. The van der Waals surface area contributed by atoms with Gasteiger partial charge in [-0.2, -0.15) is 0 Å². The van der Waals surface area contributed by atoms with Crippen LogP contribution in [-0.2, 0) is 15.1 Å². The summed E-state index contributed by atoms with van der Waals surface area (Å²) in [4.78, 5) is 40.6. The lowest BCUT2D eigenvalue weighted by Crippen LogP contribution is -2.46. The van der Waals surface area contributed by atoms with Crippen molar-refractivity contribution in [2.75, 3.05) is 19.6 Å². The van der Waals surface area contributed by atoms with Crippen molar-refractivity contribution in [1.29, 1.82) is 0 Å². The van der Waals surface area contributed by atoms with Gasteiger partial charge >= 0.3 is 6.03 Å². The van der Waals surface area contributed by atoms with Gasteiger partial charge in [-0.25, -0.2) is 4.79 Å². The SMILES string of the molecule is CC[C@@]1(c2ccccc2)NC(=O)N(CC(=O)N2CCCCC2)C1=O. The summed E-state index contributed by atoms with van der Waals surface area (Å²) in [5.74, 6) is -0.496. The Labute approximate surface area is 141 Å². The zero-order valence-electron chi connectivity index (χ0n) is 14.0. The summed E-state index contributed by atoms with van der Waals surface area (Å²) in [5, 5.41) is 2.81. The second-order valence-corrected chi connectivity index (χ2v) is 6.39. The van der Waals surface area contributed by atoms with E-state index in [2.05, 4.69) is 5.32 Å². The van der Waals surface area contributed by atoms with Crippen LogP contribution < -0.4 is 5.32 Å². The predicted octanol–water partition coefficient (Wildman–Crippen LogP) is 1.86. The van der Waals surface area contributed by atoms with Crippen LogP contribution in [0.4, 0.5) is 4.79 Å². The first-order valence-corrected chi connectivity index (χ1v) is 8.56. The van der Waals surface area contributed by atoms with Crippen LogP contribution in [0.1, 0.15) is 38.2 Å². The maximum Gasteiger partial charge on any atom is 0.325 e. The Hall–Kier alpha value is -2.37. The minimum absolute atomic E-state index is 0.154. The minimum atomic E-state index is -1.07. The lowest BCUT2D eigenvalue weighted by Gasteiger charge is -2.28. The third kappa shape index (κ3) is 2.77. The summed E-state index contributed by atoms with van der Waals surface area (Å²) in [6.07, 6.45) is 3.53. The highest BCUT2D eigenvalue weighted by Crippen LogP contribution is 2.32. The Morgan fingerprint density at radius 3 is 2.42 bits per heavy atom. The quantitative estimate of drug-likeness (QED) is 0.857. The van der Waals surface area contributed by atoms with Gasteiger partial charge in [0, 0.05) is 13.1 Å². The minimum Gasteiger partial charge on any atom is -0.341 e. The zero-order chi connectivity index (χ0) is 17.2. The molecule has 0 radical (unpaired) electrons. The lowest BCUT2D eigenvalue weighted by atomic mass is 9.87. The molecule has 1 aromatic rings. The number of hydrogen-bond donors (Lipinski definition) is 1. The van der Waals surface area contributed by atoms with Gasteiger partial charge in [0.2, 0.25) is 5.91 Å². The molecule has 0 unspecified atom stereocenters. The number of rotatable bonds is 4. The highest BCUT2D eigenvalue weighted by molar-refractivity contribution is 6.09. The van der Waals surface area contributed by atoms with Gasteiger partial charge in [-0.3, -0.25) is 14.5 Å². The number of carbonyl (C=O) groups is 3. The van der Waals surface area contributed by atoms with Gasteiger partial charge in [-0.05, 0) is 31.2 Å². The summed E-state index contributed by atoms with van der Waals surface area (Å²) in [6, 6.07) is 8.72. The Morgan fingerprint density at radius 2 is 1.79 bits per heavy atom. The van der Waals surface area contributed by atoms with Crippen LogP contribution in [0.3, 0.4) is 0 Å². The number of urea groups is 1. The monoisotopic (exact) mass is 329 g/mol. The standard InChI is InChI=1S/C18H23N3O3/c1-2-18(14-9-5-3-6-10-14)16(23)21(17(24)19-18)13-15(22)20-11-7-4-8-12-20/h3,5-6,9-10H,2,4,7-8,11-13H2,1H3,(H,19,24)/t18-/m0/s1. The molecule has 0 spiro atoms. The molecule has 2 saturated heterocycles. The van der Waals surface area contributed by atoms with Crippen LogP contribution in [0.15, 0.2) is 30.3 Å². The van der Waals surface area contributed by atoms with Crippen LogP contribution in [-0.4, -0.2) is 47.3 Å². The van der Waals surface area contributed by atoms with Gasteiger partial charge in [-0.1, -0.05) is 37.3 Å². The maximum absolute atomic E-state index is 13.0. The first-order chi connectivity index (χ1) is 11.6. The average Bonchev–Trinajstić information content (AvgIpc) is 2.88. The van der Waals surface area contributed by atoms with Gasteiger partial charge in [-0.15, -0.1) is 0 Å². The van der Waals surface area contributed by atoms with Crippen molar-refractivity contribution in [3.8, 4) is 0 Å². The molecule has 2 fully saturated rings. The molecule has 2 aliphatic rings. The van der Waals surface area contributed by atoms with Gasteiger partial charge in [0.1, 0.15) is 12.1 Å². The van der Waals surface area contributed by atoms with Gasteiger partial charge in [0.15, 0.2) is 0 Å². The number of likely N-dealkylation sites (tertiary alicyclic amines) is 1. The Morgan fingerprint density at radius 1 is 1.12 bits per heavy atom. The number of amides is 4. The molecule has 0 saturated carbocycles. The molecule has 1 atom stereocenters. The molecule has 0 aliphatic carbocycles. The summed E-state index contributed by atoms with van der Waals surface area (Å²) in [6.45, 7) is 3.10. The Bertz CT molecular complexity index is 640. The smallest absolute Gasteiger partial charge is 0.325 e. The van der Waals surface area contributed by atoms with Crippen molar-refractivity contribution in [3.05, 3.63) is 35.9 Å². The van der Waals surface area contributed by atoms with Crippen molar-refractivity contribution >= 4 is 17.8 Å². The molecule has 3 rings (SSSR count). The molecule has 1 aromatic carbocycles. The number of imide groups is 1. The van der Waals surface area contributed by atoms with Crippen molar-refractivity contribution in [2.45, 2.75) is 38.1 Å². The first kappa shape index (κ1) is 16.5. The molecule has 24 heavy (non-hydrogen) atoms. The fraction of sp³-hybridized carbons (Fsp3) is 0.500. The van der Waals surface area contributed by atoms with E-state index in [-0.39, 0.29) is 18.4 Å². The topological polar surface area (TPSA) is 69.7 Å². The number of piperidine rings is 1. The van der Waals surface area contributed by atoms with Crippen molar-refractivity contribution < 1.29 is 14.4 Å². The van der Waals surface area contributed by atoms with E-state index in [0.29, 0.717) is 19.5 Å². The fourth-order valence-electron chi connectivity index (χ4n) is 3.51. The number of benzene rings is 1. The zero-order valence-corrected chi connectivity index (χ0v) is 14.0. The van der Waals surface area contributed by atoms with Crippen molar-refractivity contribution in [3.63, 3.8) is 0 Å². The molecule has 6 heteroatoms. The molecule has 1 N–H and O–H groups in total. The molecule has 2 aliphatic heterocycles. The molecule has 128 valence electrons. The van der Waals surface area contributed by atoms with E-state index >= 15 is 0 Å². The van der Waals surface area contributed by atoms with Crippen LogP contribution in [0, 0.1) is 0 Å². The number of nitrogens with zero attached hydrogens (tertiary/aromatic N) is 2. The summed E-state index contributed by atoms with van der Waals surface area (Å²) < 4.78 is 0. The van der Waals surface area contributed by atoms with Crippen LogP contribution >= 0.6 is 0 Å². The van der Waals surface area contributed by atoms with E-state index in [1.165, 1.54) is 0 Å². The van der Waals surface area contributed by atoms with E-state index in [4.69, 9.17) is 0 Å². The summed E-state index contributed by atoms with van der Waals surface area (Å²) in [7, 11) is 0. The van der Waals surface area contributed by atoms with Gasteiger partial charge in [0.05, 0.1) is 0 Å². The van der Waals surface area contributed by atoms with Crippen LogP contribution in [0.25, 0.3) is 0 Å². The van der Waals surface area contributed by atoms with Crippen LogP contribution in [0.5, 0.6) is 0 Å². The van der Waals surface area contributed by atoms with Crippen molar-refractivity contribution in [1.82, 2.24) is 15.1 Å². The summed E-state index contributed by atoms with van der Waals surface area (Å²) in [5.41, 5.74) is -0.320. The second-order valence-electron chi connectivity index (χ2n) is 6.39. The highest BCUT2D eigenvalue weighted by Gasteiger charge is 2.51. The van der Waals surface area contributed by atoms with Gasteiger partial charge in [0.25, 0.3) is 5.91 Å². The first-order valence-electron chi connectivity index (χ1n) is 8.56. The Balaban J connectivity index is 1.79. The molecule has 0 aromatic heterocycles. The average molecular weight is 329 g/mol. The van der Waals surface area contributed by atoms with Gasteiger partial charge < -0.3 is 10.2 Å². The van der Waals surface area contributed by atoms with E-state index < -0.39 is 11.6 Å². The Kier molecular flexibility index (Phi) is 4.55. The van der Waals surface area contributed by atoms with Crippen LogP contribution in [0.2, 0.25) is 0 Å². The van der Waals surface area contributed by atoms with E-state index in [1.54, 1.807) is 4.90 Å². The molecular formula is C18H23N3O3. The molecule has 6 nitrogen and oxygen atoms in total. The van der Waals surface area contributed by atoms with E-state index in [9.17, 15) is 14.4 Å². The molecule has 4 amide bonds. The highest BCUT2D eigenvalue weighted by atomic mass is 16.2. The largest absolute Gasteiger partial charge is 0.341 e. The van der Waals surface area contributed by atoms with E-state index in [1.807, 2.05) is 37.3 Å². The number of hydrogen-bond acceptors (Lipinski definition) is 3. The fourth-order valence-corrected chi connectivity index (χ4v) is 3.51. The third-order valence-corrected chi connectivity index (χ3v) is 4.97. The molecule has 2 heterocycles.